The van der Waals surface area contributed by atoms with Crippen molar-refractivity contribution in [1.82, 2.24) is 14.5 Å². The van der Waals surface area contributed by atoms with Gasteiger partial charge < -0.3 is 9.09 Å². The Morgan fingerprint density at radius 3 is 2.20 bits per heavy atom. The van der Waals surface area contributed by atoms with Crippen LogP contribution in [0.5, 0.6) is 0 Å². The molecule has 0 bridgehead atoms. The first-order chi connectivity index (χ1) is 14.5. The zero-order valence-electron chi connectivity index (χ0n) is 17.0. The molecule has 2 aromatic carbocycles. The lowest BCUT2D eigenvalue weighted by atomic mass is 10.2. The highest BCUT2D eigenvalue weighted by Crippen LogP contribution is 2.54. The van der Waals surface area contributed by atoms with Gasteiger partial charge in [-0.15, -0.1) is 0 Å². The van der Waals surface area contributed by atoms with E-state index in [4.69, 9.17) is 26.3 Å². The Morgan fingerprint density at radius 1 is 0.900 bits per heavy atom. The largest absolute Gasteiger partial charge is 0.459 e. The second-order valence-electron chi connectivity index (χ2n) is 7.29. The SMILES string of the molecule is Cc1ccc(P2(=S)c3c(C)nn(-c4ccccc4)c3N=C(c3ccccc3)N2C)o1. The zero-order chi connectivity index (χ0) is 20.9. The first-order valence-corrected chi connectivity index (χ1v) is 12.5. The summed E-state index contributed by atoms with van der Waals surface area (Å²) < 4.78 is 10.1. The van der Waals surface area contributed by atoms with Crippen LogP contribution < -0.4 is 10.8 Å². The molecule has 1 aliphatic heterocycles. The topological polar surface area (TPSA) is 46.6 Å². The summed E-state index contributed by atoms with van der Waals surface area (Å²) in [6.45, 7) is 3.95. The van der Waals surface area contributed by atoms with Crippen molar-refractivity contribution >= 4 is 40.5 Å². The predicted molar refractivity (Wildman–Crippen MR) is 126 cm³/mol. The Kier molecular flexibility index (Phi) is 4.49. The van der Waals surface area contributed by atoms with Crippen molar-refractivity contribution in [2.24, 2.45) is 4.99 Å². The highest BCUT2D eigenvalue weighted by atomic mass is 32.4. The molecular formula is C23H21N4OPS. The van der Waals surface area contributed by atoms with Crippen LogP contribution >= 0.6 is 6.19 Å². The molecule has 0 saturated carbocycles. The first kappa shape index (κ1) is 19.0. The number of aliphatic imine (C=N–C) groups is 1. The summed E-state index contributed by atoms with van der Waals surface area (Å²) in [5.41, 5.74) is 3.66. The van der Waals surface area contributed by atoms with Gasteiger partial charge in [0.2, 0.25) is 0 Å². The Bertz CT molecular complexity index is 1310. The number of aromatic nitrogens is 2. The van der Waals surface area contributed by atoms with E-state index < -0.39 is 6.19 Å². The van der Waals surface area contributed by atoms with Crippen LogP contribution in [-0.2, 0) is 11.8 Å². The first-order valence-electron chi connectivity index (χ1n) is 9.71. The van der Waals surface area contributed by atoms with E-state index in [2.05, 4.69) is 16.8 Å². The molecule has 0 amide bonds. The van der Waals surface area contributed by atoms with Gasteiger partial charge in [0.25, 0.3) is 0 Å². The number of hydrogen-bond acceptors (Lipinski definition) is 4. The Labute approximate surface area is 180 Å². The molecule has 150 valence electrons. The molecule has 1 atom stereocenters. The van der Waals surface area contributed by atoms with Crippen LogP contribution in [0.4, 0.5) is 5.82 Å². The lowest BCUT2D eigenvalue weighted by Gasteiger charge is -2.36. The van der Waals surface area contributed by atoms with Crippen LogP contribution in [0.25, 0.3) is 5.69 Å². The summed E-state index contributed by atoms with van der Waals surface area (Å²) in [4.78, 5) is 5.08. The van der Waals surface area contributed by atoms with Gasteiger partial charge in [0.05, 0.1) is 16.7 Å². The highest BCUT2D eigenvalue weighted by Gasteiger charge is 2.42. The minimum Gasteiger partial charge on any atom is -0.459 e. The Hall–Kier alpha value is -2.95. The van der Waals surface area contributed by atoms with Gasteiger partial charge in [0.15, 0.2) is 11.3 Å². The van der Waals surface area contributed by atoms with E-state index in [0.717, 1.165) is 45.2 Å². The number of furan rings is 1. The lowest BCUT2D eigenvalue weighted by Crippen LogP contribution is -2.37. The summed E-state index contributed by atoms with van der Waals surface area (Å²) >= 11 is 6.45. The Morgan fingerprint density at radius 2 is 1.57 bits per heavy atom. The van der Waals surface area contributed by atoms with E-state index in [9.17, 15) is 0 Å². The fourth-order valence-corrected chi connectivity index (χ4v) is 7.70. The molecule has 30 heavy (non-hydrogen) atoms. The summed E-state index contributed by atoms with van der Waals surface area (Å²) in [6.07, 6.45) is -2.50. The van der Waals surface area contributed by atoms with Crippen LogP contribution in [-0.4, -0.2) is 27.3 Å². The third kappa shape index (κ3) is 2.79. The monoisotopic (exact) mass is 432 g/mol. The van der Waals surface area contributed by atoms with Crippen LogP contribution in [0, 0.1) is 13.8 Å². The third-order valence-corrected chi connectivity index (χ3v) is 10.1. The van der Waals surface area contributed by atoms with Crippen molar-refractivity contribution < 1.29 is 4.42 Å². The number of fused-ring (bicyclic) bond motifs is 1. The van der Waals surface area contributed by atoms with E-state index in [1.165, 1.54) is 0 Å². The van der Waals surface area contributed by atoms with Crippen molar-refractivity contribution in [3.8, 4) is 5.69 Å². The molecule has 5 nitrogen and oxygen atoms in total. The van der Waals surface area contributed by atoms with Gasteiger partial charge in [-0.05, 0) is 38.1 Å². The molecule has 0 spiro atoms. The quantitative estimate of drug-likeness (QED) is 0.449. The van der Waals surface area contributed by atoms with Gasteiger partial charge in [-0.25, -0.2) is 9.67 Å². The zero-order valence-corrected chi connectivity index (χ0v) is 18.7. The average Bonchev–Trinajstić information content (AvgIpc) is 3.36. The number of para-hydroxylation sites is 1. The summed E-state index contributed by atoms with van der Waals surface area (Å²) in [5.74, 6) is 2.46. The van der Waals surface area contributed by atoms with Gasteiger partial charge in [-0.1, -0.05) is 60.3 Å². The van der Waals surface area contributed by atoms with Gasteiger partial charge in [0.1, 0.15) is 17.8 Å². The van der Waals surface area contributed by atoms with E-state index in [1.54, 1.807) is 0 Å². The summed E-state index contributed by atoms with van der Waals surface area (Å²) in [7, 11) is 2.02. The van der Waals surface area contributed by atoms with Crippen LogP contribution in [0.3, 0.4) is 0 Å². The van der Waals surface area contributed by atoms with Gasteiger partial charge >= 0.3 is 0 Å². The van der Waals surface area contributed by atoms with Crippen molar-refractivity contribution in [1.29, 1.82) is 0 Å². The third-order valence-electron chi connectivity index (χ3n) is 5.31. The molecule has 1 unspecified atom stereocenters. The molecule has 0 fully saturated rings. The maximum absolute atomic E-state index is 6.45. The fourth-order valence-electron chi connectivity index (χ4n) is 3.85. The van der Waals surface area contributed by atoms with E-state index in [-0.39, 0.29) is 0 Å². The second kappa shape index (κ2) is 7.08. The van der Waals surface area contributed by atoms with Crippen LogP contribution in [0.2, 0.25) is 0 Å². The molecule has 1 aliphatic rings. The molecule has 5 rings (SSSR count). The summed E-state index contributed by atoms with van der Waals surface area (Å²) in [5, 5.41) is 5.84. The minimum atomic E-state index is -2.50. The van der Waals surface area contributed by atoms with E-state index >= 15 is 0 Å². The summed E-state index contributed by atoms with van der Waals surface area (Å²) in [6, 6.07) is 24.2. The molecule has 4 aromatic rings. The number of amidine groups is 1. The molecular weight excluding hydrogens is 411 g/mol. The van der Waals surface area contributed by atoms with Gasteiger partial charge in [-0.2, -0.15) is 5.10 Å². The molecule has 0 radical (unpaired) electrons. The van der Waals surface area contributed by atoms with Crippen LogP contribution in [0.15, 0.2) is 82.2 Å². The van der Waals surface area contributed by atoms with Crippen molar-refractivity contribution in [3.63, 3.8) is 0 Å². The number of rotatable bonds is 3. The van der Waals surface area contributed by atoms with Crippen LogP contribution in [0.1, 0.15) is 17.0 Å². The Balaban J connectivity index is 1.84. The number of benzene rings is 2. The highest BCUT2D eigenvalue weighted by molar-refractivity contribution is 8.21. The normalized spacial score (nSPS) is 18.2. The number of hydrogen-bond donors (Lipinski definition) is 0. The predicted octanol–water partition coefficient (Wildman–Crippen LogP) is 4.45. The van der Waals surface area contributed by atoms with E-state index in [1.807, 2.05) is 86.2 Å². The van der Waals surface area contributed by atoms with Crippen molar-refractivity contribution in [2.45, 2.75) is 13.8 Å². The fraction of sp³-hybridized carbons (Fsp3) is 0.130. The number of nitrogens with zero attached hydrogens (tertiary/aromatic N) is 4. The molecule has 0 aliphatic carbocycles. The van der Waals surface area contributed by atoms with E-state index in [0.29, 0.717) is 0 Å². The number of aryl methyl sites for hydroxylation is 2. The standard InChI is InChI=1S/C23H21N4OPS/c1-16-14-15-20(28-16)29(30)21-17(2)25-27(19-12-8-5-9-13-19)23(21)24-22(26(29)3)18-10-6-4-7-11-18/h4-15H,1-3H3. The maximum atomic E-state index is 6.45. The van der Waals surface area contributed by atoms with Crippen molar-refractivity contribution in [2.75, 3.05) is 7.05 Å². The molecule has 2 aromatic heterocycles. The smallest absolute Gasteiger partial charge is 0.168 e. The molecule has 0 saturated heterocycles. The minimum absolute atomic E-state index is 0.785. The van der Waals surface area contributed by atoms with Gasteiger partial charge in [-0.3, -0.25) is 0 Å². The van der Waals surface area contributed by atoms with Gasteiger partial charge in [0, 0.05) is 12.6 Å². The lowest BCUT2D eigenvalue weighted by molar-refractivity contribution is 0.563. The molecule has 3 heterocycles. The molecule has 0 N–H and O–H groups in total. The average molecular weight is 432 g/mol. The second-order valence-corrected chi connectivity index (χ2v) is 11.5. The van der Waals surface area contributed by atoms with Crippen molar-refractivity contribution in [3.05, 3.63) is 89.8 Å². The molecule has 7 heteroatoms. The maximum Gasteiger partial charge on any atom is 0.168 e.